The second-order valence-corrected chi connectivity index (χ2v) is 7.52. The molecule has 0 aliphatic heterocycles. The molecule has 3 N–H and O–H groups in total. The number of aryl methyl sites for hydroxylation is 1. The Balaban J connectivity index is 2.24. The van der Waals surface area contributed by atoms with E-state index in [0.29, 0.717) is 15.6 Å². The first-order valence-electron chi connectivity index (χ1n) is 8.86. The number of rotatable bonds is 7. The summed E-state index contributed by atoms with van der Waals surface area (Å²) < 4.78 is 3.89. The van der Waals surface area contributed by atoms with Crippen LogP contribution < -0.4 is 16.6 Å². The third-order valence-corrected chi connectivity index (χ3v) is 5.31. The molecule has 0 fully saturated rings. The Morgan fingerprint density at radius 3 is 2.52 bits per heavy atom. The maximum absolute atomic E-state index is 12.9. The molecule has 3 rings (SSSR count). The molecule has 0 amide bonds. The number of anilines is 1. The Labute approximate surface area is 175 Å². The van der Waals surface area contributed by atoms with E-state index >= 15 is 0 Å². The van der Waals surface area contributed by atoms with Gasteiger partial charge in [0.2, 0.25) is 5.95 Å². The molecule has 1 atom stereocenters. The largest absolute Gasteiger partial charge is 0.396 e. The first kappa shape index (κ1) is 21.4. The molecule has 1 aromatic carbocycles. The van der Waals surface area contributed by atoms with E-state index in [-0.39, 0.29) is 43.3 Å². The Hall–Kier alpha value is -2.33. The van der Waals surface area contributed by atoms with Crippen molar-refractivity contribution in [2.75, 3.05) is 18.5 Å². The first-order chi connectivity index (χ1) is 13.8. The van der Waals surface area contributed by atoms with Gasteiger partial charge in [-0.1, -0.05) is 29.3 Å². The highest BCUT2D eigenvalue weighted by atomic mass is 35.5. The van der Waals surface area contributed by atoms with Gasteiger partial charge in [-0.3, -0.25) is 18.5 Å². The molecule has 3 aromatic rings. The lowest BCUT2D eigenvalue weighted by atomic mass is 10.2. The summed E-state index contributed by atoms with van der Waals surface area (Å²) in [6, 6.07) is 4.53. The van der Waals surface area contributed by atoms with Crippen LogP contribution in [0.2, 0.25) is 10.0 Å². The van der Waals surface area contributed by atoms with E-state index in [1.165, 1.54) is 18.7 Å². The summed E-state index contributed by atoms with van der Waals surface area (Å²) in [4.78, 5) is 29.6. The Kier molecular flexibility index (Phi) is 6.33. The second kappa shape index (κ2) is 8.58. The minimum Gasteiger partial charge on any atom is -0.396 e. The molecular weight excluding hydrogens is 421 g/mol. The second-order valence-electron chi connectivity index (χ2n) is 6.67. The van der Waals surface area contributed by atoms with Gasteiger partial charge in [0.05, 0.1) is 19.2 Å². The van der Waals surface area contributed by atoms with Crippen molar-refractivity contribution in [2.24, 2.45) is 14.1 Å². The molecule has 156 valence electrons. The molecule has 0 saturated heterocycles. The fourth-order valence-electron chi connectivity index (χ4n) is 3.08. The van der Waals surface area contributed by atoms with Crippen LogP contribution in [0.3, 0.4) is 0 Å². The van der Waals surface area contributed by atoms with Crippen LogP contribution in [0.15, 0.2) is 27.8 Å². The van der Waals surface area contributed by atoms with Crippen LogP contribution in [-0.4, -0.2) is 48.2 Å². The number of fused-ring (bicyclic) bond motifs is 1. The summed E-state index contributed by atoms with van der Waals surface area (Å²) in [7, 11) is 2.92. The number of aliphatic hydroxyl groups is 2. The van der Waals surface area contributed by atoms with Crippen LogP contribution in [0.4, 0.5) is 5.95 Å². The maximum atomic E-state index is 12.9. The number of aromatic nitrogens is 4. The molecule has 0 saturated carbocycles. The summed E-state index contributed by atoms with van der Waals surface area (Å²) in [5.41, 5.74) is 0.0981. The standard InChI is InChI=1S/C18H21Cl2N5O4/c1-23-15-14(16(28)24(2)18(23)29)25(8-10-3-4-11(19)7-13(10)20)17(22-15)21-12(9-27)5-6-26/h3-4,7,12,26-27H,5-6,8-9H2,1-2H3,(H,21,22)/t12-/m0/s1. The number of benzene rings is 1. The topological polar surface area (TPSA) is 114 Å². The normalized spacial score (nSPS) is 12.5. The van der Waals surface area contributed by atoms with E-state index in [0.717, 1.165) is 4.57 Å². The number of aliphatic hydroxyl groups excluding tert-OH is 2. The van der Waals surface area contributed by atoms with Crippen LogP contribution in [0.25, 0.3) is 11.2 Å². The average molecular weight is 442 g/mol. The third kappa shape index (κ3) is 4.04. The number of halogens is 2. The van der Waals surface area contributed by atoms with Crippen LogP contribution in [-0.2, 0) is 20.6 Å². The van der Waals surface area contributed by atoms with Gasteiger partial charge >= 0.3 is 5.69 Å². The maximum Gasteiger partial charge on any atom is 0.332 e. The Morgan fingerprint density at radius 1 is 1.17 bits per heavy atom. The summed E-state index contributed by atoms with van der Waals surface area (Å²) in [5, 5.41) is 22.7. The van der Waals surface area contributed by atoms with E-state index in [2.05, 4.69) is 10.3 Å². The highest BCUT2D eigenvalue weighted by molar-refractivity contribution is 6.35. The zero-order valence-electron chi connectivity index (χ0n) is 15.9. The number of nitrogens with one attached hydrogen (secondary N) is 1. The lowest BCUT2D eigenvalue weighted by Crippen LogP contribution is -2.37. The average Bonchev–Trinajstić information content (AvgIpc) is 3.04. The van der Waals surface area contributed by atoms with Gasteiger partial charge in [-0.25, -0.2) is 4.79 Å². The predicted octanol–water partition coefficient (Wildman–Crippen LogP) is 0.944. The molecule has 0 bridgehead atoms. The highest BCUT2D eigenvalue weighted by Crippen LogP contribution is 2.25. The molecule has 0 unspecified atom stereocenters. The van der Waals surface area contributed by atoms with Gasteiger partial charge in [0.15, 0.2) is 11.2 Å². The van der Waals surface area contributed by atoms with Crippen molar-refractivity contribution >= 4 is 40.3 Å². The monoisotopic (exact) mass is 441 g/mol. The smallest absolute Gasteiger partial charge is 0.332 e. The molecule has 11 heteroatoms. The zero-order valence-corrected chi connectivity index (χ0v) is 17.4. The van der Waals surface area contributed by atoms with E-state index in [1.807, 2.05) is 0 Å². The van der Waals surface area contributed by atoms with E-state index in [9.17, 15) is 19.8 Å². The summed E-state index contributed by atoms with van der Waals surface area (Å²) >= 11 is 12.3. The summed E-state index contributed by atoms with van der Waals surface area (Å²) in [6.45, 7) is -0.205. The van der Waals surface area contributed by atoms with E-state index in [4.69, 9.17) is 23.2 Å². The molecule has 9 nitrogen and oxygen atoms in total. The van der Waals surface area contributed by atoms with Crippen molar-refractivity contribution in [3.63, 3.8) is 0 Å². The fraction of sp³-hybridized carbons (Fsp3) is 0.389. The van der Waals surface area contributed by atoms with Crippen LogP contribution >= 0.6 is 23.2 Å². The molecule has 2 aromatic heterocycles. The highest BCUT2D eigenvalue weighted by Gasteiger charge is 2.21. The molecular formula is C18H21Cl2N5O4. The van der Waals surface area contributed by atoms with Gasteiger partial charge in [-0.05, 0) is 24.1 Å². The fourth-order valence-corrected chi connectivity index (χ4v) is 3.55. The predicted molar refractivity (Wildman–Crippen MR) is 112 cm³/mol. The first-order valence-corrected chi connectivity index (χ1v) is 9.62. The lowest BCUT2D eigenvalue weighted by Gasteiger charge is -2.17. The summed E-state index contributed by atoms with van der Waals surface area (Å²) in [6.07, 6.45) is 0.276. The van der Waals surface area contributed by atoms with E-state index in [1.54, 1.807) is 22.8 Å². The van der Waals surface area contributed by atoms with E-state index < -0.39 is 17.3 Å². The minimum atomic E-state index is -0.503. The van der Waals surface area contributed by atoms with Gasteiger partial charge < -0.3 is 15.5 Å². The molecule has 0 spiro atoms. The van der Waals surface area contributed by atoms with Crippen molar-refractivity contribution < 1.29 is 10.2 Å². The van der Waals surface area contributed by atoms with Crippen molar-refractivity contribution in [3.8, 4) is 0 Å². The van der Waals surface area contributed by atoms with Crippen LogP contribution in [0.1, 0.15) is 12.0 Å². The quantitative estimate of drug-likeness (QED) is 0.502. The molecule has 2 heterocycles. The lowest BCUT2D eigenvalue weighted by molar-refractivity contribution is 0.228. The Bertz CT molecular complexity index is 1170. The van der Waals surface area contributed by atoms with Crippen molar-refractivity contribution in [3.05, 3.63) is 54.6 Å². The van der Waals surface area contributed by atoms with Gasteiger partial charge in [-0.2, -0.15) is 4.98 Å². The van der Waals surface area contributed by atoms with Gasteiger partial charge in [0, 0.05) is 30.7 Å². The van der Waals surface area contributed by atoms with Crippen molar-refractivity contribution in [2.45, 2.75) is 19.0 Å². The number of nitrogens with zero attached hydrogens (tertiary/aromatic N) is 4. The zero-order chi connectivity index (χ0) is 21.3. The van der Waals surface area contributed by atoms with Gasteiger partial charge in [-0.15, -0.1) is 0 Å². The molecule has 29 heavy (non-hydrogen) atoms. The van der Waals surface area contributed by atoms with Crippen molar-refractivity contribution in [1.29, 1.82) is 0 Å². The van der Waals surface area contributed by atoms with Gasteiger partial charge in [0.1, 0.15) is 0 Å². The molecule has 0 aliphatic rings. The minimum absolute atomic E-state index is 0.137. The molecule has 0 aliphatic carbocycles. The third-order valence-electron chi connectivity index (χ3n) is 4.72. The van der Waals surface area contributed by atoms with Crippen LogP contribution in [0.5, 0.6) is 0 Å². The Morgan fingerprint density at radius 2 is 1.90 bits per heavy atom. The molecule has 0 radical (unpaired) electrons. The number of imidazole rings is 1. The van der Waals surface area contributed by atoms with Crippen molar-refractivity contribution in [1.82, 2.24) is 18.7 Å². The number of hydrogen-bond acceptors (Lipinski definition) is 6. The van der Waals surface area contributed by atoms with Crippen LogP contribution in [0, 0.1) is 0 Å². The number of hydrogen-bond donors (Lipinski definition) is 3. The SMILES string of the molecule is Cn1c(=O)c2c(nc(N[C@H](CO)CCO)n2Cc2ccc(Cl)cc2Cl)n(C)c1=O. The summed E-state index contributed by atoms with van der Waals surface area (Å²) in [5.74, 6) is 0.275. The van der Waals surface area contributed by atoms with Gasteiger partial charge in [0.25, 0.3) is 5.56 Å².